The second kappa shape index (κ2) is 20.2. The number of aromatic nitrogens is 6. The molecule has 4 aromatic heterocycles. The first-order chi connectivity index (χ1) is 35.4. The summed E-state index contributed by atoms with van der Waals surface area (Å²) in [5.74, 6) is -7.83. The number of rotatable bonds is 12. The highest BCUT2D eigenvalue weighted by Gasteiger charge is 2.30. The fourth-order valence-corrected chi connectivity index (χ4v) is 8.72. The van der Waals surface area contributed by atoms with E-state index in [9.17, 15) is 57.4 Å². The highest BCUT2D eigenvalue weighted by molar-refractivity contribution is 5.99. The smallest absolute Gasteiger partial charge is 0.448 e. The Balaban J connectivity index is 0.000000182. The highest BCUT2D eigenvalue weighted by Crippen LogP contribution is 2.33. The van der Waals surface area contributed by atoms with Crippen LogP contribution in [0.2, 0.25) is 0 Å². The van der Waals surface area contributed by atoms with Gasteiger partial charge in [-0.1, -0.05) is 36.4 Å². The molecule has 0 bridgehead atoms. The number of fused-ring (bicyclic) bond motifs is 4. The number of hydrogen-bond donors (Lipinski definition) is 6. The van der Waals surface area contributed by atoms with Gasteiger partial charge < -0.3 is 31.5 Å². The molecule has 2 aliphatic carbocycles. The van der Waals surface area contributed by atoms with Crippen molar-refractivity contribution in [3.63, 3.8) is 0 Å². The number of halogens is 2. The molecule has 4 amide bonds. The zero-order valence-electron chi connectivity index (χ0n) is 38.9. The van der Waals surface area contributed by atoms with Gasteiger partial charge >= 0.3 is 23.5 Å². The average molecular weight is 1010 g/mol. The van der Waals surface area contributed by atoms with E-state index >= 15 is 0 Å². The molecule has 24 heteroatoms. The molecule has 2 aliphatic rings. The maximum atomic E-state index is 13.5. The molecule has 10 rings (SSSR count). The normalized spacial score (nSPS) is 14.4. The number of nitrogens with one attached hydrogen (secondary N) is 4. The van der Waals surface area contributed by atoms with E-state index in [1.54, 1.807) is 50.2 Å². The van der Waals surface area contributed by atoms with Gasteiger partial charge in [0, 0.05) is 13.1 Å². The Morgan fingerprint density at radius 3 is 1.47 bits per heavy atom. The van der Waals surface area contributed by atoms with Crippen molar-refractivity contribution in [1.82, 2.24) is 50.3 Å². The Hall–Kier alpha value is -9.74. The van der Waals surface area contributed by atoms with Gasteiger partial charge in [-0.05, 0) is 143 Å². The van der Waals surface area contributed by atoms with Gasteiger partial charge in [0.15, 0.2) is 0 Å². The molecule has 6 N–H and O–H groups in total. The lowest BCUT2D eigenvalue weighted by molar-refractivity contribution is 0.0686. The monoisotopic (exact) mass is 1010 g/mol. The van der Waals surface area contributed by atoms with Gasteiger partial charge in [-0.3, -0.25) is 28.2 Å². The molecule has 0 radical (unpaired) electrons. The number of carboxylic acid groups (broad SMARTS) is 2. The van der Waals surface area contributed by atoms with Crippen molar-refractivity contribution in [2.45, 2.75) is 64.7 Å². The van der Waals surface area contributed by atoms with Crippen LogP contribution in [0.25, 0.3) is 11.6 Å². The van der Waals surface area contributed by atoms with Crippen LogP contribution in [-0.4, -0.2) is 74.9 Å². The fraction of sp³-hybridized carbons (Fsp3) is 0.200. The Morgan fingerprint density at radius 2 is 1.01 bits per heavy atom. The molecule has 8 aromatic rings. The molecule has 376 valence electrons. The second-order valence-corrected chi connectivity index (χ2v) is 17.3. The van der Waals surface area contributed by atoms with Crippen LogP contribution in [0, 0.1) is 25.5 Å². The number of amides is 4. The summed E-state index contributed by atoms with van der Waals surface area (Å²) in [7, 11) is 0. The molecular formula is C50H40F2N10O12. The molecule has 0 unspecified atom stereocenters. The van der Waals surface area contributed by atoms with E-state index in [1.807, 2.05) is 0 Å². The Morgan fingerprint density at radius 1 is 0.581 bits per heavy atom. The van der Waals surface area contributed by atoms with Gasteiger partial charge in [-0.15, -0.1) is 0 Å². The number of nitrogens with zero attached hydrogens (tertiary/aromatic N) is 6. The van der Waals surface area contributed by atoms with E-state index in [0.29, 0.717) is 47.9 Å². The summed E-state index contributed by atoms with van der Waals surface area (Å²) in [5.41, 5.74) is 4.93. The molecule has 74 heavy (non-hydrogen) atoms. The first kappa shape index (κ1) is 49.2. The van der Waals surface area contributed by atoms with E-state index in [0.717, 1.165) is 43.2 Å². The molecule has 0 fully saturated rings. The minimum absolute atomic E-state index is 0.0442. The molecule has 2 atom stereocenters. The van der Waals surface area contributed by atoms with Crippen molar-refractivity contribution in [2.75, 3.05) is 0 Å². The zero-order chi connectivity index (χ0) is 52.5. The maximum Gasteiger partial charge on any atom is 0.448 e. The number of aromatic carboxylic acids is 2. The van der Waals surface area contributed by atoms with E-state index in [1.165, 1.54) is 36.4 Å². The van der Waals surface area contributed by atoms with Crippen molar-refractivity contribution >= 4 is 47.1 Å². The van der Waals surface area contributed by atoms with E-state index < -0.39 is 53.1 Å². The second-order valence-electron chi connectivity index (χ2n) is 17.3. The van der Waals surface area contributed by atoms with E-state index in [4.69, 9.17) is 0 Å². The first-order valence-corrected chi connectivity index (χ1v) is 22.6. The number of carbonyl (C=O) groups excluding carboxylic acids is 4. The lowest BCUT2D eigenvalue weighted by Crippen LogP contribution is -2.32. The minimum Gasteiger partial charge on any atom is -0.478 e. The van der Waals surface area contributed by atoms with Crippen LogP contribution in [0.15, 0.2) is 104 Å². The van der Waals surface area contributed by atoms with Crippen molar-refractivity contribution in [2.24, 2.45) is 0 Å². The van der Waals surface area contributed by atoms with Crippen LogP contribution in [0.3, 0.4) is 0 Å². The van der Waals surface area contributed by atoms with Crippen molar-refractivity contribution in [3.8, 4) is 0 Å². The van der Waals surface area contributed by atoms with Gasteiger partial charge in [-0.2, -0.15) is 0 Å². The predicted octanol–water partition coefficient (Wildman–Crippen LogP) is 4.35. The quantitative estimate of drug-likeness (QED) is 0.0991. The number of aryl methyl sites for hydroxylation is 4. The van der Waals surface area contributed by atoms with Crippen LogP contribution in [-0.2, 0) is 25.9 Å². The Labute approximate surface area is 414 Å². The molecular weight excluding hydrogens is 971 g/mol. The summed E-state index contributed by atoms with van der Waals surface area (Å²) < 4.78 is 38.0. The molecule has 22 nitrogen and oxygen atoms in total. The zero-order valence-corrected chi connectivity index (χ0v) is 38.9. The largest absolute Gasteiger partial charge is 0.478 e. The Kier molecular flexibility index (Phi) is 13.4. The maximum absolute atomic E-state index is 13.5. The van der Waals surface area contributed by atoms with Gasteiger partial charge in [0.05, 0.1) is 23.2 Å². The predicted molar refractivity (Wildman–Crippen MR) is 252 cm³/mol. The number of carboxylic acids is 2. The van der Waals surface area contributed by atoms with Crippen LogP contribution < -0.4 is 32.8 Å². The first-order valence-electron chi connectivity index (χ1n) is 22.6. The summed E-state index contributed by atoms with van der Waals surface area (Å²) in [6, 6.07) is 19.8. The van der Waals surface area contributed by atoms with Gasteiger partial charge in [0.25, 0.3) is 35.2 Å². The van der Waals surface area contributed by atoms with Crippen molar-refractivity contribution < 1.29 is 56.8 Å². The SMILES string of the molecule is Cc1cc(CNC(=O)c2cc(C(=O)N[C@H]3CCc4cc(C(=O)O)ccc43)n3c(=O)onc3n2)ccc1F.Cc1cc(CNC(=O)c2cc(C(=O)N[C@H]3CCc4cc(C(=O)O)ccc43)nc3noc(=O)n23)ccc1F. The van der Waals surface area contributed by atoms with Gasteiger partial charge in [0.1, 0.15) is 34.4 Å². The third-order valence-corrected chi connectivity index (χ3v) is 12.5. The van der Waals surface area contributed by atoms with Gasteiger partial charge in [-0.25, -0.2) is 46.7 Å². The lowest BCUT2D eigenvalue weighted by Gasteiger charge is -2.15. The summed E-state index contributed by atoms with van der Waals surface area (Å²) >= 11 is 0. The molecule has 0 saturated carbocycles. The standard InChI is InChI=1S/2C25H20FN5O6/c1-12-8-13(2-6-17(12)26)11-27-22(33)20-10-19(29-24-30-37-25(36)31(20)24)21(32)28-18-7-4-14-9-15(23(34)35)3-5-16(14)18;1-12-8-13(2-6-17(12)26)11-27-21(32)19-10-20(31-24(29-19)30-37-25(31)36)22(33)28-18-7-4-14-9-15(23(34)35)3-5-16(14)18/h2-3,5-6,8-10,18H,4,7,11H2,1H3,(H,27,33)(H,28,32)(H,34,35);2-3,5-6,8-10,18H,4,7,11H2,1H3,(H,27,32)(H,28,33)(H,34,35)/t2*18-/m00/s1. The summed E-state index contributed by atoms with van der Waals surface area (Å²) in [5, 5.41) is 36.5. The minimum atomic E-state index is -1.04. The van der Waals surface area contributed by atoms with E-state index in [2.05, 4.69) is 50.6 Å². The fourth-order valence-electron chi connectivity index (χ4n) is 8.72. The third-order valence-electron chi connectivity index (χ3n) is 12.5. The van der Waals surface area contributed by atoms with Gasteiger partial charge in [0.2, 0.25) is 0 Å². The molecule has 0 spiro atoms. The lowest BCUT2D eigenvalue weighted by atomic mass is 10.0. The summed E-state index contributed by atoms with van der Waals surface area (Å²) in [6.07, 6.45) is 2.24. The number of carbonyl (C=O) groups is 6. The molecule has 0 aliphatic heterocycles. The molecule has 4 heterocycles. The number of benzene rings is 4. The average Bonchev–Trinajstić information content (AvgIpc) is 4.19. The highest BCUT2D eigenvalue weighted by atomic mass is 19.1. The van der Waals surface area contributed by atoms with E-state index in [-0.39, 0.29) is 76.2 Å². The molecule has 0 saturated heterocycles. The van der Waals surface area contributed by atoms with Crippen LogP contribution in [0.4, 0.5) is 8.78 Å². The summed E-state index contributed by atoms with van der Waals surface area (Å²) in [6.45, 7) is 3.33. The van der Waals surface area contributed by atoms with Crippen molar-refractivity contribution in [3.05, 3.63) is 196 Å². The Bertz CT molecular complexity index is 3770. The topological polar surface area (TPSA) is 312 Å². The number of hydrogen-bond acceptors (Lipinski definition) is 14. The van der Waals surface area contributed by atoms with Crippen LogP contribution in [0.5, 0.6) is 0 Å². The third kappa shape index (κ3) is 10.1. The van der Waals surface area contributed by atoms with Crippen LogP contribution in [0.1, 0.15) is 132 Å². The summed E-state index contributed by atoms with van der Waals surface area (Å²) in [4.78, 5) is 107. The van der Waals surface area contributed by atoms with Crippen molar-refractivity contribution in [1.29, 1.82) is 0 Å². The molecule has 4 aromatic carbocycles. The van der Waals surface area contributed by atoms with Crippen LogP contribution >= 0.6 is 0 Å².